The van der Waals surface area contributed by atoms with Crippen LogP contribution in [0.3, 0.4) is 0 Å². The van der Waals surface area contributed by atoms with Crippen molar-refractivity contribution in [3.63, 3.8) is 0 Å². The third-order valence-electron chi connectivity index (χ3n) is 2.09. The second kappa shape index (κ2) is 6.28. The van der Waals surface area contributed by atoms with Gasteiger partial charge in [-0.25, -0.2) is 4.98 Å². The number of aromatic nitrogens is 2. The van der Waals surface area contributed by atoms with E-state index in [0.29, 0.717) is 0 Å². The number of nitrogens with one attached hydrogen (secondary N) is 1. The molecule has 0 fully saturated rings. The van der Waals surface area contributed by atoms with Crippen molar-refractivity contribution in [1.82, 2.24) is 14.7 Å². The number of rotatable bonds is 2. The number of nitrogens with zero attached hydrogens (tertiary/aromatic N) is 2. The van der Waals surface area contributed by atoms with Gasteiger partial charge in [0.15, 0.2) is 0 Å². The number of aryl methyl sites for hydroxylation is 1. The summed E-state index contributed by atoms with van der Waals surface area (Å²) < 4.78 is 2.12. The van der Waals surface area contributed by atoms with Crippen LogP contribution in [0.25, 0.3) is 5.65 Å². The smallest absolute Gasteiger partial charge is 0.136 e. The summed E-state index contributed by atoms with van der Waals surface area (Å²) in [6.07, 6.45) is 5.26. The van der Waals surface area contributed by atoms with E-state index in [9.17, 15) is 0 Å². The molecule has 1 N–H and O–H groups in total. The molecule has 3 heteroatoms. The quantitative estimate of drug-likeness (QED) is 0.841. The molecule has 0 unspecified atom stereocenters. The molecular formula is C13H21N3. The molecule has 0 aliphatic carbocycles. The topological polar surface area (TPSA) is 29.3 Å². The first-order valence-electron chi connectivity index (χ1n) is 5.80. The number of hydrogen-bond donors (Lipinski definition) is 1. The van der Waals surface area contributed by atoms with Gasteiger partial charge in [-0.2, -0.15) is 0 Å². The molecule has 0 bridgehead atoms. The lowest BCUT2D eigenvalue weighted by atomic mass is 10.3. The second-order valence-electron chi connectivity index (χ2n) is 3.92. The first kappa shape index (κ1) is 12.7. The summed E-state index contributed by atoms with van der Waals surface area (Å²) in [5.74, 6) is 0. The van der Waals surface area contributed by atoms with Gasteiger partial charge in [0.25, 0.3) is 0 Å². The van der Waals surface area contributed by atoms with E-state index >= 15 is 0 Å². The van der Waals surface area contributed by atoms with Crippen molar-refractivity contribution < 1.29 is 0 Å². The Morgan fingerprint density at radius 3 is 2.62 bits per heavy atom. The molecule has 0 amide bonds. The molecule has 3 nitrogen and oxygen atoms in total. The monoisotopic (exact) mass is 219 g/mol. The molecule has 2 aromatic heterocycles. The standard InChI is InChI=1S/C10H13N3.C3H8/c1-8-3-4-10-12-6-9(5-11-2)13(10)7-8;1-3-2/h3-4,6-7,11H,5H2,1-2H3;3H2,1-2H3. The van der Waals surface area contributed by atoms with Crippen LogP contribution >= 0.6 is 0 Å². The van der Waals surface area contributed by atoms with Crippen molar-refractivity contribution >= 4 is 5.65 Å². The minimum absolute atomic E-state index is 0.852. The van der Waals surface area contributed by atoms with E-state index in [1.807, 2.05) is 19.3 Å². The Bertz CT molecular complexity index is 432. The molecule has 2 aromatic rings. The summed E-state index contributed by atoms with van der Waals surface area (Å²) in [4.78, 5) is 4.30. The summed E-state index contributed by atoms with van der Waals surface area (Å²) in [5.41, 5.74) is 3.46. The molecular weight excluding hydrogens is 198 g/mol. The Labute approximate surface area is 97.5 Å². The number of pyridine rings is 1. The Hall–Kier alpha value is -1.35. The maximum absolute atomic E-state index is 4.30. The fourth-order valence-corrected chi connectivity index (χ4v) is 1.45. The summed E-state index contributed by atoms with van der Waals surface area (Å²) in [6, 6.07) is 4.11. The Balaban J connectivity index is 0.000000386. The molecule has 0 atom stereocenters. The van der Waals surface area contributed by atoms with Gasteiger partial charge in [-0.1, -0.05) is 26.3 Å². The van der Waals surface area contributed by atoms with Gasteiger partial charge in [0.2, 0.25) is 0 Å². The van der Waals surface area contributed by atoms with Gasteiger partial charge in [-0.05, 0) is 25.6 Å². The number of hydrogen-bond acceptors (Lipinski definition) is 2. The van der Waals surface area contributed by atoms with E-state index in [-0.39, 0.29) is 0 Å². The first-order chi connectivity index (χ1) is 7.72. The van der Waals surface area contributed by atoms with Crippen LogP contribution in [-0.2, 0) is 6.54 Å². The molecule has 0 aromatic carbocycles. The maximum atomic E-state index is 4.30. The summed E-state index contributed by atoms with van der Waals surface area (Å²) in [7, 11) is 1.94. The van der Waals surface area contributed by atoms with Crippen LogP contribution in [0, 0.1) is 6.92 Å². The average molecular weight is 219 g/mol. The largest absolute Gasteiger partial charge is 0.314 e. The Morgan fingerprint density at radius 1 is 1.31 bits per heavy atom. The predicted octanol–water partition coefficient (Wildman–Crippen LogP) is 2.78. The van der Waals surface area contributed by atoms with Crippen LogP contribution < -0.4 is 5.32 Å². The minimum Gasteiger partial charge on any atom is -0.314 e. The van der Waals surface area contributed by atoms with Gasteiger partial charge in [0.1, 0.15) is 5.65 Å². The van der Waals surface area contributed by atoms with Crippen LogP contribution in [0.15, 0.2) is 24.5 Å². The molecule has 0 spiro atoms. The molecule has 2 rings (SSSR count). The van der Waals surface area contributed by atoms with Gasteiger partial charge in [0, 0.05) is 12.7 Å². The van der Waals surface area contributed by atoms with Crippen molar-refractivity contribution in [3.8, 4) is 0 Å². The van der Waals surface area contributed by atoms with Gasteiger partial charge >= 0.3 is 0 Å². The predicted molar refractivity (Wildman–Crippen MR) is 68.7 cm³/mol. The van der Waals surface area contributed by atoms with Crippen molar-refractivity contribution in [2.45, 2.75) is 33.7 Å². The molecule has 0 radical (unpaired) electrons. The van der Waals surface area contributed by atoms with Crippen LogP contribution in [0.5, 0.6) is 0 Å². The second-order valence-corrected chi connectivity index (χ2v) is 3.92. The molecule has 0 aliphatic rings. The van der Waals surface area contributed by atoms with Gasteiger partial charge in [-0.3, -0.25) is 0 Å². The zero-order chi connectivity index (χ0) is 12.0. The highest BCUT2D eigenvalue weighted by molar-refractivity contribution is 5.41. The molecule has 88 valence electrons. The van der Waals surface area contributed by atoms with Crippen molar-refractivity contribution in [2.75, 3.05) is 7.05 Å². The summed E-state index contributed by atoms with van der Waals surface area (Å²) in [6.45, 7) is 7.19. The van der Waals surface area contributed by atoms with E-state index < -0.39 is 0 Å². The van der Waals surface area contributed by atoms with Gasteiger partial charge in [-0.15, -0.1) is 0 Å². The SMILES string of the molecule is CCC.CNCc1cnc2ccc(C)cn12. The van der Waals surface area contributed by atoms with E-state index in [1.54, 1.807) is 0 Å². The zero-order valence-electron chi connectivity index (χ0n) is 10.6. The van der Waals surface area contributed by atoms with Crippen LogP contribution in [0.1, 0.15) is 31.5 Å². The van der Waals surface area contributed by atoms with Gasteiger partial charge in [0.05, 0.1) is 11.9 Å². The van der Waals surface area contributed by atoms with Crippen molar-refractivity contribution in [1.29, 1.82) is 0 Å². The minimum atomic E-state index is 0.852. The highest BCUT2D eigenvalue weighted by atomic mass is 15.0. The lowest BCUT2D eigenvalue weighted by Crippen LogP contribution is -2.07. The fourth-order valence-electron chi connectivity index (χ4n) is 1.45. The fraction of sp³-hybridized carbons (Fsp3) is 0.462. The zero-order valence-corrected chi connectivity index (χ0v) is 10.6. The first-order valence-corrected chi connectivity index (χ1v) is 5.80. The van der Waals surface area contributed by atoms with Gasteiger partial charge < -0.3 is 9.72 Å². The number of imidazole rings is 1. The highest BCUT2D eigenvalue weighted by Gasteiger charge is 2.00. The van der Waals surface area contributed by atoms with Crippen LogP contribution in [0.2, 0.25) is 0 Å². The van der Waals surface area contributed by atoms with E-state index in [1.165, 1.54) is 17.7 Å². The average Bonchev–Trinajstić information content (AvgIpc) is 2.63. The van der Waals surface area contributed by atoms with E-state index in [2.05, 4.69) is 47.7 Å². The molecule has 16 heavy (non-hydrogen) atoms. The van der Waals surface area contributed by atoms with E-state index in [0.717, 1.165) is 12.2 Å². The van der Waals surface area contributed by atoms with Crippen molar-refractivity contribution in [3.05, 3.63) is 35.8 Å². The van der Waals surface area contributed by atoms with E-state index in [4.69, 9.17) is 0 Å². The summed E-state index contributed by atoms with van der Waals surface area (Å²) in [5, 5.41) is 3.12. The van der Waals surface area contributed by atoms with Crippen LogP contribution in [-0.4, -0.2) is 16.4 Å². The molecule has 2 heterocycles. The molecule has 0 aliphatic heterocycles. The Morgan fingerprint density at radius 2 is 2.00 bits per heavy atom. The highest BCUT2D eigenvalue weighted by Crippen LogP contribution is 2.07. The van der Waals surface area contributed by atoms with Crippen molar-refractivity contribution in [2.24, 2.45) is 0 Å². The number of fused-ring (bicyclic) bond motifs is 1. The third-order valence-corrected chi connectivity index (χ3v) is 2.09. The molecule has 0 saturated heterocycles. The third kappa shape index (κ3) is 3.07. The maximum Gasteiger partial charge on any atom is 0.136 e. The Kier molecular flexibility index (Phi) is 4.99. The van der Waals surface area contributed by atoms with Crippen LogP contribution in [0.4, 0.5) is 0 Å². The normalized spacial score (nSPS) is 10.0. The molecule has 0 saturated carbocycles. The lowest BCUT2D eigenvalue weighted by Gasteiger charge is -2.01. The summed E-state index contributed by atoms with van der Waals surface area (Å²) >= 11 is 0. The lowest BCUT2D eigenvalue weighted by molar-refractivity contribution is 0.781.